The maximum absolute atomic E-state index is 12.4. The lowest BCUT2D eigenvalue weighted by atomic mass is 9.88. The molecule has 1 amide bonds. The molecular weight excluding hydrogens is 226 g/mol. The fraction of sp³-hybridized carbons (Fsp3) is 0.533. The minimum atomic E-state index is 0.130. The number of benzene rings is 1. The van der Waals surface area contributed by atoms with Gasteiger partial charge in [0, 0.05) is 24.1 Å². The SMILES string of the molecule is CCCN(CC1(C)COC1)C(=O)c1ccccc1. The van der Waals surface area contributed by atoms with Gasteiger partial charge in [-0.05, 0) is 18.6 Å². The molecule has 0 aliphatic carbocycles. The lowest BCUT2D eigenvalue weighted by Gasteiger charge is -2.41. The molecule has 2 rings (SSSR count). The van der Waals surface area contributed by atoms with Crippen molar-refractivity contribution < 1.29 is 9.53 Å². The Bertz CT molecular complexity index is 398. The number of ether oxygens (including phenoxy) is 1. The monoisotopic (exact) mass is 247 g/mol. The lowest BCUT2D eigenvalue weighted by molar-refractivity contribution is -0.111. The van der Waals surface area contributed by atoms with Crippen LogP contribution in [0.3, 0.4) is 0 Å². The Kier molecular flexibility index (Phi) is 4.02. The molecule has 0 unspecified atom stereocenters. The minimum Gasteiger partial charge on any atom is -0.380 e. The van der Waals surface area contributed by atoms with Crippen LogP contribution < -0.4 is 0 Å². The topological polar surface area (TPSA) is 29.5 Å². The highest BCUT2D eigenvalue weighted by atomic mass is 16.5. The van der Waals surface area contributed by atoms with Crippen LogP contribution in [-0.4, -0.2) is 37.1 Å². The highest BCUT2D eigenvalue weighted by molar-refractivity contribution is 5.94. The van der Waals surface area contributed by atoms with Gasteiger partial charge in [0.1, 0.15) is 0 Å². The van der Waals surface area contributed by atoms with E-state index in [1.54, 1.807) is 0 Å². The van der Waals surface area contributed by atoms with Crippen LogP contribution in [-0.2, 0) is 4.74 Å². The predicted octanol–water partition coefficient (Wildman–Crippen LogP) is 2.58. The average molecular weight is 247 g/mol. The number of hydrogen-bond acceptors (Lipinski definition) is 2. The molecule has 0 radical (unpaired) electrons. The van der Waals surface area contributed by atoms with Gasteiger partial charge in [0.2, 0.25) is 0 Å². The maximum Gasteiger partial charge on any atom is 0.253 e. The maximum atomic E-state index is 12.4. The summed E-state index contributed by atoms with van der Waals surface area (Å²) in [6.07, 6.45) is 0.982. The number of amides is 1. The molecule has 1 aliphatic heterocycles. The fourth-order valence-electron chi connectivity index (χ4n) is 2.29. The predicted molar refractivity (Wildman–Crippen MR) is 71.6 cm³/mol. The number of carbonyl (C=O) groups excluding carboxylic acids is 1. The van der Waals surface area contributed by atoms with Crippen LogP contribution in [0.1, 0.15) is 30.6 Å². The Hall–Kier alpha value is -1.35. The first-order valence-corrected chi connectivity index (χ1v) is 6.57. The summed E-state index contributed by atoms with van der Waals surface area (Å²) in [5.74, 6) is 0.130. The van der Waals surface area contributed by atoms with E-state index in [2.05, 4.69) is 13.8 Å². The van der Waals surface area contributed by atoms with Gasteiger partial charge in [0.15, 0.2) is 0 Å². The molecule has 98 valence electrons. The van der Waals surface area contributed by atoms with Gasteiger partial charge in [-0.15, -0.1) is 0 Å². The molecule has 1 aromatic carbocycles. The molecule has 0 atom stereocenters. The molecular formula is C15H21NO2. The Morgan fingerprint density at radius 3 is 2.50 bits per heavy atom. The summed E-state index contributed by atoms with van der Waals surface area (Å²) in [5, 5.41) is 0. The van der Waals surface area contributed by atoms with Crippen molar-refractivity contribution in [2.45, 2.75) is 20.3 Å². The van der Waals surface area contributed by atoms with Gasteiger partial charge >= 0.3 is 0 Å². The Morgan fingerprint density at radius 2 is 2.00 bits per heavy atom. The van der Waals surface area contributed by atoms with Gasteiger partial charge in [0.25, 0.3) is 5.91 Å². The summed E-state index contributed by atoms with van der Waals surface area (Å²) in [4.78, 5) is 14.4. The zero-order valence-electron chi connectivity index (χ0n) is 11.2. The Morgan fingerprint density at radius 1 is 1.33 bits per heavy atom. The van der Waals surface area contributed by atoms with Crippen LogP contribution in [0.4, 0.5) is 0 Å². The quantitative estimate of drug-likeness (QED) is 0.800. The van der Waals surface area contributed by atoms with Crippen molar-refractivity contribution in [3.05, 3.63) is 35.9 Å². The second-order valence-corrected chi connectivity index (χ2v) is 5.40. The zero-order chi connectivity index (χ0) is 13.0. The van der Waals surface area contributed by atoms with Gasteiger partial charge in [-0.3, -0.25) is 4.79 Å². The number of hydrogen-bond donors (Lipinski definition) is 0. The lowest BCUT2D eigenvalue weighted by Crippen LogP contribution is -2.50. The van der Waals surface area contributed by atoms with E-state index in [0.29, 0.717) is 0 Å². The molecule has 0 N–H and O–H groups in total. The fourth-order valence-corrected chi connectivity index (χ4v) is 2.29. The van der Waals surface area contributed by atoms with Gasteiger partial charge in [-0.2, -0.15) is 0 Å². The van der Waals surface area contributed by atoms with E-state index in [9.17, 15) is 4.79 Å². The van der Waals surface area contributed by atoms with Crippen LogP contribution in [0.25, 0.3) is 0 Å². The summed E-state index contributed by atoms with van der Waals surface area (Å²) < 4.78 is 5.26. The average Bonchev–Trinajstić information content (AvgIpc) is 2.36. The highest BCUT2D eigenvalue weighted by Crippen LogP contribution is 2.28. The Balaban J connectivity index is 2.07. The molecule has 0 spiro atoms. The third kappa shape index (κ3) is 2.91. The van der Waals surface area contributed by atoms with Gasteiger partial charge in [0.05, 0.1) is 13.2 Å². The van der Waals surface area contributed by atoms with Gasteiger partial charge in [-0.1, -0.05) is 32.0 Å². The summed E-state index contributed by atoms with van der Waals surface area (Å²) in [6.45, 7) is 7.39. The molecule has 0 aromatic heterocycles. The van der Waals surface area contributed by atoms with Crippen molar-refractivity contribution in [1.82, 2.24) is 4.90 Å². The van der Waals surface area contributed by atoms with Gasteiger partial charge < -0.3 is 9.64 Å². The summed E-state index contributed by atoms with van der Waals surface area (Å²) in [6, 6.07) is 9.51. The second kappa shape index (κ2) is 5.53. The second-order valence-electron chi connectivity index (χ2n) is 5.40. The molecule has 1 saturated heterocycles. The first-order chi connectivity index (χ1) is 8.64. The van der Waals surface area contributed by atoms with E-state index in [0.717, 1.165) is 38.3 Å². The van der Waals surface area contributed by atoms with Crippen molar-refractivity contribution in [2.24, 2.45) is 5.41 Å². The molecule has 1 aromatic rings. The van der Waals surface area contributed by atoms with Crippen molar-refractivity contribution in [2.75, 3.05) is 26.3 Å². The summed E-state index contributed by atoms with van der Waals surface area (Å²) in [7, 11) is 0. The number of rotatable bonds is 5. The molecule has 0 bridgehead atoms. The van der Waals surface area contributed by atoms with Crippen LogP contribution in [0.2, 0.25) is 0 Å². The Labute approximate surface area is 109 Å². The van der Waals surface area contributed by atoms with Crippen LogP contribution in [0.15, 0.2) is 30.3 Å². The van der Waals surface area contributed by atoms with Gasteiger partial charge in [-0.25, -0.2) is 0 Å². The third-order valence-electron chi connectivity index (χ3n) is 3.28. The molecule has 0 saturated carbocycles. The van der Waals surface area contributed by atoms with E-state index in [-0.39, 0.29) is 11.3 Å². The third-order valence-corrected chi connectivity index (χ3v) is 3.28. The van der Waals surface area contributed by atoms with Crippen molar-refractivity contribution >= 4 is 5.91 Å². The number of nitrogens with zero attached hydrogens (tertiary/aromatic N) is 1. The molecule has 18 heavy (non-hydrogen) atoms. The van der Waals surface area contributed by atoms with Crippen LogP contribution in [0, 0.1) is 5.41 Å². The molecule has 1 heterocycles. The summed E-state index contributed by atoms with van der Waals surface area (Å²) in [5.41, 5.74) is 0.911. The molecule has 3 nitrogen and oxygen atoms in total. The number of carbonyl (C=O) groups is 1. The first kappa shape index (κ1) is 13.1. The highest BCUT2D eigenvalue weighted by Gasteiger charge is 2.36. The van der Waals surface area contributed by atoms with Crippen molar-refractivity contribution in [3.8, 4) is 0 Å². The van der Waals surface area contributed by atoms with E-state index in [1.165, 1.54) is 0 Å². The van der Waals surface area contributed by atoms with Crippen molar-refractivity contribution in [3.63, 3.8) is 0 Å². The minimum absolute atomic E-state index is 0.130. The zero-order valence-corrected chi connectivity index (χ0v) is 11.2. The molecule has 1 fully saturated rings. The standard InChI is InChI=1S/C15H21NO2/c1-3-9-16(10-15(2)11-18-12-15)14(17)13-7-5-4-6-8-13/h4-8H,3,9-12H2,1-2H3. The van der Waals surface area contributed by atoms with Crippen molar-refractivity contribution in [1.29, 1.82) is 0 Å². The smallest absolute Gasteiger partial charge is 0.253 e. The van der Waals surface area contributed by atoms with Crippen LogP contribution in [0.5, 0.6) is 0 Å². The summed E-state index contributed by atoms with van der Waals surface area (Å²) >= 11 is 0. The first-order valence-electron chi connectivity index (χ1n) is 6.57. The van der Waals surface area contributed by atoms with E-state index < -0.39 is 0 Å². The van der Waals surface area contributed by atoms with E-state index in [1.807, 2.05) is 35.2 Å². The van der Waals surface area contributed by atoms with Crippen LogP contribution >= 0.6 is 0 Å². The normalized spacial score (nSPS) is 17.0. The molecule has 1 aliphatic rings. The molecule has 3 heteroatoms. The largest absolute Gasteiger partial charge is 0.380 e. The van der Waals surface area contributed by atoms with E-state index >= 15 is 0 Å². The van der Waals surface area contributed by atoms with E-state index in [4.69, 9.17) is 4.74 Å².